The second-order valence-corrected chi connectivity index (χ2v) is 7.18. The quantitative estimate of drug-likeness (QED) is 0.907. The van der Waals surface area contributed by atoms with Gasteiger partial charge in [-0.25, -0.2) is 0 Å². The van der Waals surface area contributed by atoms with Crippen LogP contribution < -0.4 is 5.32 Å². The smallest absolute Gasteiger partial charge is 0.274 e. The first-order valence-electron chi connectivity index (χ1n) is 9.03. The van der Waals surface area contributed by atoms with Crippen molar-refractivity contribution < 1.29 is 4.79 Å². The van der Waals surface area contributed by atoms with Crippen LogP contribution in [-0.4, -0.2) is 34.1 Å². The topological polar surface area (TPSA) is 58.1 Å². The van der Waals surface area contributed by atoms with E-state index in [1.807, 2.05) is 23.1 Å². The van der Waals surface area contributed by atoms with Gasteiger partial charge in [-0.1, -0.05) is 32.9 Å². The predicted molar refractivity (Wildman–Crippen MR) is 100 cm³/mol. The van der Waals surface area contributed by atoms with E-state index in [2.05, 4.69) is 48.4 Å². The molecule has 5 heteroatoms. The van der Waals surface area contributed by atoms with Crippen LogP contribution in [-0.2, 0) is 0 Å². The summed E-state index contributed by atoms with van der Waals surface area (Å²) in [6, 6.07) is 11.8. The molecule has 1 aliphatic heterocycles. The van der Waals surface area contributed by atoms with Crippen molar-refractivity contribution in [2.45, 2.75) is 39.5 Å². The first kappa shape index (κ1) is 17.4. The van der Waals surface area contributed by atoms with Crippen LogP contribution in [0.5, 0.6) is 0 Å². The Morgan fingerprint density at radius 1 is 1.08 bits per heavy atom. The first-order chi connectivity index (χ1) is 12.0. The maximum absolute atomic E-state index is 12.5. The molecule has 1 fully saturated rings. The number of amides is 1. The number of nitrogens with zero attached hydrogens (tertiary/aromatic N) is 3. The number of hydrogen-bond donors (Lipinski definition) is 1. The van der Waals surface area contributed by atoms with Gasteiger partial charge in [0.25, 0.3) is 5.91 Å². The zero-order valence-corrected chi connectivity index (χ0v) is 15.2. The van der Waals surface area contributed by atoms with Crippen molar-refractivity contribution in [1.82, 2.24) is 15.1 Å². The Hall–Kier alpha value is -2.43. The highest BCUT2D eigenvalue weighted by molar-refractivity contribution is 5.92. The third kappa shape index (κ3) is 4.35. The summed E-state index contributed by atoms with van der Waals surface area (Å²) in [4.78, 5) is 14.4. The molecule has 0 aliphatic carbocycles. The van der Waals surface area contributed by atoms with E-state index in [1.165, 1.54) is 5.56 Å². The van der Waals surface area contributed by atoms with Gasteiger partial charge in [0, 0.05) is 18.8 Å². The van der Waals surface area contributed by atoms with Gasteiger partial charge in [-0.3, -0.25) is 4.79 Å². The van der Waals surface area contributed by atoms with Gasteiger partial charge in [0.15, 0.2) is 11.5 Å². The predicted octanol–water partition coefficient (Wildman–Crippen LogP) is 4.22. The Morgan fingerprint density at radius 2 is 1.76 bits per heavy atom. The molecule has 2 aromatic rings. The monoisotopic (exact) mass is 338 g/mol. The molecule has 1 amide bonds. The van der Waals surface area contributed by atoms with Crippen LogP contribution in [0.4, 0.5) is 11.5 Å². The van der Waals surface area contributed by atoms with Crippen molar-refractivity contribution >= 4 is 17.4 Å². The van der Waals surface area contributed by atoms with E-state index >= 15 is 0 Å². The van der Waals surface area contributed by atoms with Crippen LogP contribution in [0.25, 0.3) is 0 Å². The van der Waals surface area contributed by atoms with E-state index in [0.717, 1.165) is 31.6 Å². The molecule has 0 unspecified atom stereocenters. The number of nitrogens with one attached hydrogen (secondary N) is 1. The molecule has 1 saturated heterocycles. The van der Waals surface area contributed by atoms with Crippen LogP contribution >= 0.6 is 0 Å². The Kier molecular flexibility index (Phi) is 5.31. The fraction of sp³-hybridized carbons (Fsp3) is 0.450. The molecule has 1 aromatic heterocycles. The molecule has 0 atom stereocenters. The Labute approximate surface area is 149 Å². The summed E-state index contributed by atoms with van der Waals surface area (Å²) in [7, 11) is 0. The number of anilines is 2. The van der Waals surface area contributed by atoms with Crippen LogP contribution in [0.1, 0.15) is 55.6 Å². The van der Waals surface area contributed by atoms with Crippen LogP contribution in [0.2, 0.25) is 0 Å². The SMILES string of the molecule is CC1CCN(C(=O)c2ccc(Nc3ccc(C(C)C)cc3)nn2)CC1. The minimum Gasteiger partial charge on any atom is -0.339 e. The van der Waals surface area contributed by atoms with Crippen LogP contribution in [0.15, 0.2) is 36.4 Å². The molecule has 2 heterocycles. The fourth-order valence-electron chi connectivity index (χ4n) is 2.99. The highest BCUT2D eigenvalue weighted by Gasteiger charge is 2.22. The number of aromatic nitrogens is 2. The Morgan fingerprint density at radius 3 is 2.32 bits per heavy atom. The minimum absolute atomic E-state index is 0.0211. The van der Waals surface area contributed by atoms with Gasteiger partial charge >= 0.3 is 0 Å². The highest BCUT2D eigenvalue weighted by atomic mass is 16.2. The molecule has 1 aromatic carbocycles. The summed E-state index contributed by atoms with van der Waals surface area (Å²) in [5, 5.41) is 11.5. The number of benzene rings is 1. The van der Waals surface area contributed by atoms with E-state index in [1.54, 1.807) is 6.07 Å². The number of carbonyl (C=O) groups excluding carboxylic acids is 1. The van der Waals surface area contributed by atoms with E-state index < -0.39 is 0 Å². The van der Waals surface area contributed by atoms with Crippen LogP contribution in [0, 0.1) is 5.92 Å². The lowest BCUT2D eigenvalue weighted by Crippen LogP contribution is -2.38. The maximum Gasteiger partial charge on any atom is 0.274 e. The lowest BCUT2D eigenvalue weighted by atomic mass is 9.99. The second kappa shape index (κ2) is 7.64. The van der Waals surface area contributed by atoms with Gasteiger partial charge in [0.2, 0.25) is 0 Å². The van der Waals surface area contributed by atoms with Crippen molar-refractivity contribution in [3.63, 3.8) is 0 Å². The molecule has 0 spiro atoms. The van der Waals surface area contributed by atoms with E-state index in [9.17, 15) is 4.79 Å². The molecule has 5 nitrogen and oxygen atoms in total. The number of hydrogen-bond acceptors (Lipinski definition) is 4. The molecule has 1 N–H and O–H groups in total. The van der Waals surface area contributed by atoms with Crippen molar-refractivity contribution in [3.05, 3.63) is 47.7 Å². The molecule has 0 saturated carbocycles. The fourth-order valence-corrected chi connectivity index (χ4v) is 2.99. The average molecular weight is 338 g/mol. The number of likely N-dealkylation sites (tertiary alicyclic amines) is 1. The minimum atomic E-state index is -0.0211. The van der Waals surface area contributed by atoms with Gasteiger partial charge in [0.05, 0.1) is 0 Å². The normalized spacial score (nSPS) is 15.4. The molecule has 132 valence electrons. The standard InChI is InChI=1S/C20H26N4O/c1-14(2)16-4-6-17(7-5-16)21-19-9-8-18(22-23-19)20(25)24-12-10-15(3)11-13-24/h4-9,14-15H,10-13H2,1-3H3,(H,21,23). The molecule has 1 aliphatic rings. The maximum atomic E-state index is 12.5. The van der Waals surface area contributed by atoms with Gasteiger partial charge in [-0.2, -0.15) is 0 Å². The van der Waals surface area contributed by atoms with E-state index in [4.69, 9.17) is 0 Å². The largest absolute Gasteiger partial charge is 0.339 e. The molecular weight excluding hydrogens is 312 g/mol. The van der Waals surface area contributed by atoms with Crippen molar-refractivity contribution in [2.75, 3.05) is 18.4 Å². The van der Waals surface area contributed by atoms with Crippen molar-refractivity contribution in [3.8, 4) is 0 Å². The van der Waals surface area contributed by atoms with Crippen molar-refractivity contribution in [2.24, 2.45) is 5.92 Å². The third-order valence-electron chi connectivity index (χ3n) is 4.80. The molecule has 0 radical (unpaired) electrons. The molecule has 3 rings (SSSR count). The summed E-state index contributed by atoms with van der Waals surface area (Å²) in [6.45, 7) is 8.20. The van der Waals surface area contributed by atoms with E-state index in [0.29, 0.717) is 23.3 Å². The summed E-state index contributed by atoms with van der Waals surface area (Å²) in [5.74, 6) is 1.83. The molecular formula is C20H26N4O. The summed E-state index contributed by atoms with van der Waals surface area (Å²) < 4.78 is 0. The average Bonchev–Trinajstić information content (AvgIpc) is 2.63. The Balaban J connectivity index is 1.62. The van der Waals surface area contributed by atoms with Gasteiger partial charge in [-0.05, 0) is 54.5 Å². The van der Waals surface area contributed by atoms with Gasteiger partial charge < -0.3 is 10.2 Å². The summed E-state index contributed by atoms with van der Waals surface area (Å²) in [6.07, 6.45) is 2.12. The number of carbonyl (C=O) groups is 1. The zero-order valence-electron chi connectivity index (χ0n) is 15.2. The first-order valence-corrected chi connectivity index (χ1v) is 9.03. The Bertz CT molecular complexity index is 701. The van der Waals surface area contributed by atoms with Crippen LogP contribution in [0.3, 0.4) is 0 Å². The van der Waals surface area contributed by atoms with Gasteiger partial charge in [-0.15, -0.1) is 10.2 Å². The lowest BCUT2D eigenvalue weighted by Gasteiger charge is -2.29. The highest BCUT2D eigenvalue weighted by Crippen LogP contribution is 2.20. The zero-order chi connectivity index (χ0) is 17.8. The lowest BCUT2D eigenvalue weighted by molar-refractivity contribution is 0.0690. The van der Waals surface area contributed by atoms with Crippen molar-refractivity contribution in [1.29, 1.82) is 0 Å². The third-order valence-corrected chi connectivity index (χ3v) is 4.80. The van der Waals surface area contributed by atoms with Gasteiger partial charge in [0.1, 0.15) is 0 Å². The molecule has 0 bridgehead atoms. The number of rotatable bonds is 4. The van der Waals surface area contributed by atoms with E-state index in [-0.39, 0.29) is 5.91 Å². The number of piperidine rings is 1. The summed E-state index contributed by atoms with van der Waals surface area (Å²) in [5.41, 5.74) is 2.67. The second-order valence-electron chi connectivity index (χ2n) is 7.18. The molecule has 25 heavy (non-hydrogen) atoms. The summed E-state index contributed by atoms with van der Waals surface area (Å²) >= 11 is 0.